The quantitative estimate of drug-likeness (QED) is 0.524. The molecule has 0 aromatic heterocycles. The van der Waals surface area contributed by atoms with Gasteiger partial charge in [0.1, 0.15) is 0 Å². The zero-order chi connectivity index (χ0) is 14.1. The van der Waals surface area contributed by atoms with Gasteiger partial charge in [-0.05, 0) is 37.5 Å². The number of ether oxygens (including phenoxy) is 1. The molecule has 110 valence electrons. The standard InChI is InChI=1S/C13H24N2O4/c1-19-9-7-13(5-6-13)10-15-12(18)14-8-3-2-4-11(16)17/h2-10H2,1H3,(H,16,17)(H2,14,15,18). The number of nitrogens with one attached hydrogen (secondary N) is 2. The molecule has 3 N–H and O–H groups in total. The van der Waals surface area contributed by atoms with Crippen LogP contribution in [0.5, 0.6) is 0 Å². The second-order valence-corrected chi connectivity index (χ2v) is 5.20. The Labute approximate surface area is 113 Å². The lowest BCUT2D eigenvalue weighted by molar-refractivity contribution is -0.137. The number of urea groups is 1. The molecule has 0 spiro atoms. The summed E-state index contributed by atoms with van der Waals surface area (Å²) in [6.07, 6.45) is 4.72. The molecule has 0 unspecified atom stereocenters. The van der Waals surface area contributed by atoms with E-state index >= 15 is 0 Å². The molecular weight excluding hydrogens is 248 g/mol. The fourth-order valence-corrected chi connectivity index (χ4v) is 1.94. The normalized spacial score (nSPS) is 15.8. The molecular formula is C13H24N2O4. The predicted octanol–water partition coefficient (Wildman–Crippen LogP) is 1.36. The molecule has 1 aliphatic carbocycles. The third-order valence-corrected chi connectivity index (χ3v) is 3.52. The maximum Gasteiger partial charge on any atom is 0.314 e. The fraction of sp³-hybridized carbons (Fsp3) is 0.846. The van der Waals surface area contributed by atoms with E-state index in [0.717, 1.165) is 25.9 Å². The molecule has 6 nitrogen and oxygen atoms in total. The highest BCUT2D eigenvalue weighted by Crippen LogP contribution is 2.48. The number of unbranched alkanes of at least 4 members (excludes halogenated alkanes) is 1. The lowest BCUT2D eigenvalue weighted by Crippen LogP contribution is -2.39. The molecule has 6 heteroatoms. The van der Waals surface area contributed by atoms with Gasteiger partial charge in [0.15, 0.2) is 0 Å². The molecule has 1 aliphatic rings. The van der Waals surface area contributed by atoms with Crippen molar-refractivity contribution in [2.45, 2.75) is 38.5 Å². The number of amides is 2. The number of carboxylic acid groups (broad SMARTS) is 1. The monoisotopic (exact) mass is 272 g/mol. The van der Waals surface area contributed by atoms with Crippen LogP contribution in [0.4, 0.5) is 4.79 Å². The van der Waals surface area contributed by atoms with E-state index in [1.165, 1.54) is 0 Å². The Hall–Kier alpha value is -1.30. The number of carboxylic acids is 1. The molecule has 0 bridgehead atoms. The molecule has 1 rings (SSSR count). The van der Waals surface area contributed by atoms with E-state index in [-0.39, 0.29) is 17.9 Å². The molecule has 19 heavy (non-hydrogen) atoms. The number of rotatable bonds is 10. The van der Waals surface area contributed by atoms with Crippen molar-refractivity contribution in [2.24, 2.45) is 5.41 Å². The first kappa shape index (κ1) is 15.8. The van der Waals surface area contributed by atoms with E-state index in [1.54, 1.807) is 7.11 Å². The Balaban J connectivity index is 2.00. The summed E-state index contributed by atoms with van der Waals surface area (Å²) in [4.78, 5) is 21.8. The van der Waals surface area contributed by atoms with Gasteiger partial charge < -0.3 is 20.5 Å². The van der Waals surface area contributed by atoms with Crippen molar-refractivity contribution in [3.05, 3.63) is 0 Å². The van der Waals surface area contributed by atoms with Crippen LogP contribution >= 0.6 is 0 Å². The average Bonchev–Trinajstić information content (AvgIpc) is 3.14. The van der Waals surface area contributed by atoms with Crippen LogP contribution in [-0.4, -0.2) is 43.9 Å². The number of hydrogen-bond acceptors (Lipinski definition) is 3. The van der Waals surface area contributed by atoms with Gasteiger partial charge in [0.2, 0.25) is 0 Å². The first-order chi connectivity index (χ1) is 9.08. The minimum Gasteiger partial charge on any atom is -0.481 e. The van der Waals surface area contributed by atoms with Crippen LogP contribution in [-0.2, 0) is 9.53 Å². The van der Waals surface area contributed by atoms with Gasteiger partial charge in [-0.1, -0.05) is 0 Å². The molecule has 0 aliphatic heterocycles. The Morgan fingerprint density at radius 2 is 2.00 bits per heavy atom. The number of carbonyl (C=O) groups excluding carboxylic acids is 1. The summed E-state index contributed by atoms with van der Waals surface area (Å²) in [5, 5.41) is 14.1. The van der Waals surface area contributed by atoms with Crippen LogP contribution in [0.15, 0.2) is 0 Å². The summed E-state index contributed by atoms with van der Waals surface area (Å²) in [5.41, 5.74) is 0.247. The van der Waals surface area contributed by atoms with E-state index < -0.39 is 5.97 Å². The summed E-state index contributed by atoms with van der Waals surface area (Å²) in [5.74, 6) is -0.793. The van der Waals surface area contributed by atoms with Crippen molar-refractivity contribution in [3.63, 3.8) is 0 Å². The summed E-state index contributed by atoms with van der Waals surface area (Å²) >= 11 is 0. The van der Waals surface area contributed by atoms with Gasteiger partial charge in [-0.25, -0.2) is 4.79 Å². The Morgan fingerprint density at radius 3 is 2.58 bits per heavy atom. The maximum absolute atomic E-state index is 11.5. The van der Waals surface area contributed by atoms with Gasteiger partial charge >= 0.3 is 12.0 Å². The Morgan fingerprint density at radius 1 is 1.26 bits per heavy atom. The summed E-state index contributed by atoms with van der Waals surface area (Å²) in [6, 6.07) is -0.168. The lowest BCUT2D eigenvalue weighted by Gasteiger charge is -2.15. The second kappa shape index (κ2) is 7.99. The van der Waals surface area contributed by atoms with E-state index in [9.17, 15) is 9.59 Å². The molecule has 0 aromatic rings. The van der Waals surface area contributed by atoms with Gasteiger partial charge in [-0.3, -0.25) is 4.79 Å². The molecule has 0 atom stereocenters. The molecule has 0 radical (unpaired) electrons. The summed E-state index contributed by atoms with van der Waals surface area (Å²) < 4.78 is 5.06. The van der Waals surface area contributed by atoms with Crippen LogP contribution in [0.1, 0.15) is 38.5 Å². The first-order valence-electron chi connectivity index (χ1n) is 6.80. The van der Waals surface area contributed by atoms with Crippen molar-refractivity contribution >= 4 is 12.0 Å². The van der Waals surface area contributed by atoms with Crippen molar-refractivity contribution < 1.29 is 19.4 Å². The Kier molecular flexibility index (Phi) is 6.62. The fourth-order valence-electron chi connectivity index (χ4n) is 1.94. The highest BCUT2D eigenvalue weighted by atomic mass is 16.5. The topological polar surface area (TPSA) is 87.7 Å². The molecule has 0 heterocycles. The van der Waals surface area contributed by atoms with E-state index in [1.807, 2.05) is 0 Å². The minimum atomic E-state index is -0.793. The number of hydrogen-bond donors (Lipinski definition) is 3. The molecule has 2 amide bonds. The first-order valence-corrected chi connectivity index (χ1v) is 6.80. The van der Waals surface area contributed by atoms with Crippen LogP contribution in [0, 0.1) is 5.41 Å². The third kappa shape index (κ3) is 7.00. The molecule has 1 saturated carbocycles. The number of carbonyl (C=O) groups is 2. The Bertz CT molecular complexity index is 303. The lowest BCUT2D eigenvalue weighted by atomic mass is 10.0. The van der Waals surface area contributed by atoms with Crippen molar-refractivity contribution in [3.8, 4) is 0 Å². The third-order valence-electron chi connectivity index (χ3n) is 3.52. The average molecular weight is 272 g/mol. The predicted molar refractivity (Wildman–Crippen MR) is 71.0 cm³/mol. The highest BCUT2D eigenvalue weighted by Gasteiger charge is 2.42. The highest BCUT2D eigenvalue weighted by molar-refractivity contribution is 5.73. The zero-order valence-corrected chi connectivity index (χ0v) is 11.5. The van der Waals surface area contributed by atoms with Crippen LogP contribution < -0.4 is 10.6 Å². The molecule has 0 aromatic carbocycles. The smallest absolute Gasteiger partial charge is 0.314 e. The number of aliphatic carboxylic acids is 1. The van der Waals surface area contributed by atoms with Gasteiger partial charge in [0.25, 0.3) is 0 Å². The van der Waals surface area contributed by atoms with Crippen LogP contribution in [0.2, 0.25) is 0 Å². The largest absolute Gasteiger partial charge is 0.481 e. The van der Waals surface area contributed by atoms with E-state index in [0.29, 0.717) is 25.9 Å². The van der Waals surface area contributed by atoms with Crippen molar-refractivity contribution in [2.75, 3.05) is 26.8 Å². The SMILES string of the molecule is COCCC1(CNC(=O)NCCCCC(=O)O)CC1. The van der Waals surface area contributed by atoms with Gasteiger partial charge in [-0.15, -0.1) is 0 Å². The summed E-state index contributed by atoms with van der Waals surface area (Å²) in [7, 11) is 1.69. The molecule has 0 saturated heterocycles. The zero-order valence-electron chi connectivity index (χ0n) is 11.5. The molecule has 1 fully saturated rings. The minimum absolute atomic E-state index is 0.156. The maximum atomic E-state index is 11.5. The van der Waals surface area contributed by atoms with E-state index in [2.05, 4.69) is 10.6 Å². The van der Waals surface area contributed by atoms with Gasteiger partial charge in [0, 0.05) is 33.2 Å². The van der Waals surface area contributed by atoms with Crippen molar-refractivity contribution in [1.82, 2.24) is 10.6 Å². The summed E-state index contributed by atoms with van der Waals surface area (Å²) in [6.45, 7) is 1.94. The van der Waals surface area contributed by atoms with Gasteiger partial charge in [-0.2, -0.15) is 0 Å². The van der Waals surface area contributed by atoms with Gasteiger partial charge in [0.05, 0.1) is 0 Å². The second-order valence-electron chi connectivity index (χ2n) is 5.20. The number of methoxy groups -OCH3 is 1. The van der Waals surface area contributed by atoms with Crippen LogP contribution in [0.25, 0.3) is 0 Å². The van der Waals surface area contributed by atoms with Crippen molar-refractivity contribution in [1.29, 1.82) is 0 Å². The van der Waals surface area contributed by atoms with Crippen LogP contribution in [0.3, 0.4) is 0 Å². The van der Waals surface area contributed by atoms with E-state index in [4.69, 9.17) is 9.84 Å².